The van der Waals surface area contributed by atoms with Crippen molar-refractivity contribution in [1.29, 1.82) is 0 Å². The highest BCUT2D eigenvalue weighted by Crippen LogP contribution is 2.17. The van der Waals surface area contributed by atoms with E-state index in [0.717, 1.165) is 44.4 Å². The van der Waals surface area contributed by atoms with Gasteiger partial charge in [-0.3, -0.25) is 4.79 Å². The number of benzene rings is 1. The van der Waals surface area contributed by atoms with Crippen LogP contribution >= 0.6 is 0 Å². The summed E-state index contributed by atoms with van der Waals surface area (Å²) in [7, 11) is 0. The molecule has 0 bridgehead atoms. The molecule has 8 heteroatoms. The maximum atomic E-state index is 13.1. The molecule has 1 unspecified atom stereocenters. The SMILES string of the molecule is O=C(NCCC1CCCCO1)c1cc(COc2ccc(F)c(F)c2)on1. The molecule has 1 fully saturated rings. The highest BCUT2D eigenvalue weighted by molar-refractivity contribution is 5.92. The number of aromatic nitrogens is 1. The number of carbonyl (C=O) groups excluding carboxylic acids is 1. The van der Waals surface area contributed by atoms with Crippen LogP contribution in [0.15, 0.2) is 28.8 Å². The Hall–Kier alpha value is -2.48. The summed E-state index contributed by atoms with van der Waals surface area (Å²) in [6.07, 6.45) is 4.22. The van der Waals surface area contributed by atoms with E-state index >= 15 is 0 Å². The second kappa shape index (κ2) is 8.75. The standard InChI is InChI=1S/C18H20F2N2O4/c19-15-5-4-13(9-16(15)20)25-11-14-10-17(22-26-14)18(23)21-7-6-12-3-1-2-8-24-12/h4-5,9-10,12H,1-3,6-8,11H2,(H,21,23). The van der Waals surface area contributed by atoms with Crippen molar-refractivity contribution < 1.29 is 27.6 Å². The van der Waals surface area contributed by atoms with Crippen molar-refractivity contribution in [3.63, 3.8) is 0 Å². The molecule has 0 aliphatic carbocycles. The minimum Gasteiger partial charge on any atom is -0.485 e. The first-order valence-corrected chi connectivity index (χ1v) is 8.55. The number of rotatable bonds is 7. The van der Waals surface area contributed by atoms with Gasteiger partial charge in [0.25, 0.3) is 5.91 Å². The van der Waals surface area contributed by atoms with E-state index in [1.54, 1.807) is 0 Å². The molecule has 1 aromatic carbocycles. The third-order valence-corrected chi connectivity index (χ3v) is 4.09. The van der Waals surface area contributed by atoms with Gasteiger partial charge in [-0.25, -0.2) is 8.78 Å². The van der Waals surface area contributed by atoms with Crippen LogP contribution < -0.4 is 10.1 Å². The van der Waals surface area contributed by atoms with Crippen LogP contribution in [0, 0.1) is 11.6 Å². The summed E-state index contributed by atoms with van der Waals surface area (Å²) in [6.45, 7) is 1.22. The highest BCUT2D eigenvalue weighted by Gasteiger charge is 2.16. The summed E-state index contributed by atoms with van der Waals surface area (Å²) in [5.74, 6) is -1.84. The van der Waals surface area contributed by atoms with Gasteiger partial charge < -0.3 is 19.3 Å². The van der Waals surface area contributed by atoms with Crippen LogP contribution in [0.1, 0.15) is 41.9 Å². The Labute approximate surface area is 149 Å². The van der Waals surface area contributed by atoms with E-state index in [2.05, 4.69) is 10.5 Å². The van der Waals surface area contributed by atoms with Crippen molar-refractivity contribution in [3.8, 4) is 5.75 Å². The van der Waals surface area contributed by atoms with Gasteiger partial charge in [-0.05, 0) is 37.8 Å². The van der Waals surface area contributed by atoms with Gasteiger partial charge in [0.15, 0.2) is 23.1 Å². The van der Waals surface area contributed by atoms with Gasteiger partial charge in [-0.2, -0.15) is 0 Å². The summed E-state index contributed by atoms with van der Waals surface area (Å²) in [5, 5.41) is 6.47. The highest BCUT2D eigenvalue weighted by atomic mass is 19.2. The van der Waals surface area contributed by atoms with E-state index in [9.17, 15) is 13.6 Å². The molecular weight excluding hydrogens is 346 g/mol. The van der Waals surface area contributed by atoms with E-state index in [-0.39, 0.29) is 30.1 Å². The van der Waals surface area contributed by atoms with Crippen molar-refractivity contribution in [1.82, 2.24) is 10.5 Å². The maximum Gasteiger partial charge on any atom is 0.273 e. The molecule has 26 heavy (non-hydrogen) atoms. The summed E-state index contributed by atoms with van der Waals surface area (Å²) in [4.78, 5) is 12.0. The second-order valence-electron chi connectivity index (χ2n) is 6.08. The summed E-state index contributed by atoms with van der Waals surface area (Å²) < 4.78 is 41.9. The number of carbonyl (C=O) groups is 1. The lowest BCUT2D eigenvalue weighted by atomic mass is 10.1. The topological polar surface area (TPSA) is 73.6 Å². The maximum absolute atomic E-state index is 13.1. The number of hydrogen-bond donors (Lipinski definition) is 1. The zero-order valence-electron chi connectivity index (χ0n) is 14.2. The fourth-order valence-electron chi connectivity index (χ4n) is 2.68. The van der Waals surface area contributed by atoms with Crippen LogP contribution in [0.25, 0.3) is 0 Å². The zero-order valence-corrected chi connectivity index (χ0v) is 14.2. The van der Waals surface area contributed by atoms with E-state index in [0.29, 0.717) is 12.3 Å². The lowest BCUT2D eigenvalue weighted by Gasteiger charge is -2.22. The Bertz CT molecular complexity index is 745. The predicted molar refractivity (Wildman–Crippen MR) is 87.7 cm³/mol. The van der Waals surface area contributed by atoms with Crippen LogP contribution in [0.5, 0.6) is 5.75 Å². The number of ether oxygens (including phenoxy) is 2. The van der Waals surface area contributed by atoms with Gasteiger partial charge in [0.2, 0.25) is 0 Å². The smallest absolute Gasteiger partial charge is 0.273 e. The summed E-state index contributed by atoms with van der Waals surface area (Å²) in [6, 6.07) is 4.66. The van der Waals surface area contributed by atoms with Gasteiger partial charge in [0, 0.05) is 25.3 Å². The molecule has 0 saturated carbocycles. The number of nitrogens with zero attached hydrogens (tertiary/aromatic N) is 1. The van der Waals surface area contributed by atoms with Crippen molar-refractivity contribution >= 4 is 5.91 Å². The largest absolute Gasteiger partial charge is 0.485 e. The van der Waals surface area contributed by atoms with Crippen molar-refractivity contribution in [2.24, 2.45) is 0 Å². The Balaban J connectivity index is 1.44. The fraction of sp³-hybridized carbons (Fsp3) is 0.444. The molecule has 1 amide bonds. The molecule has 3 rings (SSSR count). The molecule has 1 aliphatic rings. The van der Waals surface area contributed by atoms with Crippen molar-refractivity contribution in [2.45, 2.75) is 38.4 Å². The Morgan fingerprint density at radius 3 is 2.92 bits per heavy atom. The predicted octanol–water partition coefficient (Wildman–Crippen LogP) is 3.22. The van der Waals surface area contributed by atoms with Crippen LogP contribution in [0.3, 0.4) is 0 Å². The number of nitrogens with one attached hydrogen (secondary N) is 1. The number of amides is 1. The molecule has 140 valence electrons. The third-order valence-electron chi connectivity index (χ3n) is 4.09. The number of hydrogen-bond acceptors (Lipinski definition) is 5. The normalized spacial score (nSPS) is 17.1. The quantitative estimate of drug-likeness (QED) is 0.814. The molecule has 1 N–H and O–H groups in total. The first-order chi connectivity index (χ1) is 12.6. The van der Waals surface area contributed by atoms with Crippen LogP contribution in [-0.4, -0.2) is 30.3 Å². The molecule has 2 heterocycles. The van der Waals surface area contributed by atoms with Gasteiger partial charge >= 0.3 is 0 Å². The third kappa shape index (κ3) is 5.01. The molecule has 6 nitrogen and oxygen atoms in total. The van der Waals surface area contributed by atoms with E-state index in [1.165, 1.54) is 12.1 Å². The minimum absolute atomic E-state index is 0.0543. The first-order valence-electron chi connectivity index (χ1n) is 8.55. The van der Waals surface area contributed by atoms with Crippen LogP contribution in [-0.2, 0) is 11.3 Å². The lowest BCUT2D eigenvalue weighted by molar-refractivity contribution is 0.0117. The second-order valence-corrected chi connectivity index (χ2v) is 6.08. The van der Waals surface area contributed by atoms with Gasteiger partial charge in [0.1, 0.15) is 12.4 Å². The monoisotopic (exact) mass is 366 g/mol. The average Bonchev–Trinajstić information content (AvgIpc) is 3.13. The zero-order chi connectivity index (χ0) is 18.4. The summed E-state index contributed by atoms with van der Waals surface area (Å²) in [5.41, 5.74) is 0.137. The van der Waals surface area contributed by atoms with E-state index in [1.807, 2.05) is 0 Å². The fourth-order valence-corrected chi connectivity index (χ4v) is 2.68. The summed E-state index contributed by atoms with van der Waals surface area (Å²) >= 11 is 0. The van der Waals surface area contributed by atoms with Crippen LogP contribution in [0.2, 0.25) is 0 Å². The van der Waals surface area contributed by atoms with Gasteiger partial charge in [-0.1, -0.05) is 5.16 Å². The Morgan fingerprint density at radius 1 is 1.27 bits per heavy atom. The molecule has 1 atom stereocenters. The Morgan fingerprint density at radius 2 is 2.15 bits per heavy atom. The molecule has 2 aromatic rings. The van der Waals surface area contributed by atoms with Crippen molar-refractivity contribution in [2.75, 3.05) is 13.2 Å². The van der Waals surface area contributed by atoms with Gasteiger partial charge in [0.05, 0.1) is 6.10 Å². The minimum atomic E-state index is -0.998. The molecule has 0 spiro atoms. The average molecular weight is 366 g/mol. The lowest BCUT2D eigenvalue weighted by Crippen LogP contribution is -2.29. The molecule has 0 radical (unpaired) electrons. The Kier molecular flexibility index (Phi) is 6.17. The van der Waals surface area contributed by atoms with Gasteiger partial charge in [-0.15, -0.1) is 0 Å². The van der Waals surface area contributed by atoms with Crippen LogP contribution in [0.4, 0.5) is 8.78 Å². The molecule has 1 aliphatic heterocycles. The molecular formula is C18H20F2N2O4. The molecule has 1 aromatic heterocycles. The van der Waals surface area contributed by atoms with Crippen molar-refractivity contribution in [3.05, 3.63) is 47.4 Å². The van der Waals surface area contributed by atoms with E-state index < -0.39 is 11.6 Å². The van der Waals surface area contributed by atoms with E-state index in [4.69, 9.17) is 14.0 Å². The first kappa shape index (κ1) is 18.3. The number of halogens is 2. The molecule has 1 saturated heterocycles.